The van der Waals surface area contributed by atoms with E-state index in [-0.39, 0.29) is 56.3 Å². The van der Waals surface area contributed by atoms with Crippen molar-refractivity contribution >= 4 is 119 Å². The molecule has 6 aromatic carbocycles. The first-order chi connectivity index (χ1) is 32.2. The Kier molecular flexibility index (Phi) is 16.2. The Morgan fingerprint density at radius 1 is 0.592 bits per heavy atom. The summed E-state index contributed by atoms with van der Waals surface area (Å²) in [6.45, 7) is 2.36. The molecule has 35 heteroatoms. The molecule has 0 aromatic heterocycles. The number of carbonyl (C=O) groups is 1. The maximum Gasteiger partial charge on any atom is 3.00 e. The molecule has 0 unspecified atom stereocenters. The van der Waals surface area contributed by atoms with E-state index >= 15 is 0 Å². The van der Waals surface area contributed by atoms with Crippen molar-refractivity contribution in [3.05, 3.63) is 93.0 Å². The van der Waals surface area contributed by atoms with Gasteiger partial charge in [-0.05, 0) is 71.4 Å². The maximum absolute atomic E-state index is 13.0. The summed E-state index contributed by atoms with van der Waals surface area (Å²) in [6.07, 6.45) is 0. The molecule has 7 N–H and O–H groups in total. The number of nitrogens with one attached hydrogen (secondary N) is 1. The van der Waals surface area contributed by atoms with Crippen molar-refractivity contribution in [2.75, 3.05) is 5.32 Å². The molecule has 0 aliphatic carbocycles. The topological polar surface area (TPSA) is 504 Å². The number of phenolic OH excluding ortho intramolecular Hbond substituents is 2. The third-order valence-corrected chi connectivity index (χ3v) is 12.2. The van der Waals surface area contributed by atoms with Crippen molar-refractivity contribution in [2.24, 2.45) is 25.4 Å². The number of anilines is 1. The summed E-state index contributed by atoms with van der Waals surface area (Å²) in [5.74, 6) is -5.78. The van der Waals surface area contributed by atoms with E-state index in [1.165, 1.54) is 37.3 Å². The molecule has 1 amide bonds. The number of nitro benzene ring substituents is 2. The van der Waals surface area contributed by atoms with E-state index in [0.717, 1.165) is 25.1 Å². The SMILES string of the molecule is CC(=O)Nc1ccc2cc(S(=O)(=O)O)c(N=Nc3cc([N+](=O)[O-])cc(S(=O)(=O)O)c3O)c(O)c2c1.CC([O-])=Nc1ccc2cc(S(=O)(=O)O)c(N=Nc3cc(S(=O)(=O)O)cc([N+](=O)[O-])c3[O-])c([O-])c2c1.[Cr+3]. The van der Waals surface area contributed by atoms with Crippen LogP contribution in [0.15, 0.2) is 118 Å². The van der Waals surface area contributed by atoms with Crippen LogP contribution in [0.2, 0.25) is 0 Å². The molecule has 0 heterocycles. The molecule has 1 radical (unpaired) electrons. The third kappa shape index (κ3) is 12.9. The fourth-order valence-electron chi connectivity index (χ4n) is 5.87. The molecular formula is C36H25CrN8O22S4. The summed E-state index contributed by atoms with van der Waals surface area (Å²) in [4.78, 5) is 30.4. The van der Waals surface area contributed by atoms with Gasteiger partial charge in [0.05, 0.1) is 26.9 Å². The smallest absolute Gasteiger partial charge is 0.871 e. The van der Waals surface area contributed by atoms with E-state index in [2.05, 4.69) is 30.8 Å². The minimum Gasteiger partial charge on any atom is -0.871 e. The number of azo groups is 2. The molecule has 0 bridgehead atoms. The first-order valence-corrected chi connectivity index (χ1v) is 23.8. The van der Waals surface area contributed by atoms with Gasteiger partial charge < -0.3 is 30.8 Å². The average molecular weight is 1100 g/mol. The first-order valence-electron chi connectivity index (χ1n) is 18.0. The summed E-state index contributed by atoms with van der Waals surface area (Å²) in [6, 6.07) is 11.0. The zero-order valence-corrected chi connectivity index (χ0v) is 39.4. The average Bonchev–Trinajstić information content (AvgIpc) is 3.22. The number of amides is 1. The Hall–Kier alpha value is -7.85. The van der Waals surface area contributed by atoms with E-state index in [4.69, 9.17) is 0 Å². The van der Waals surface area contributed by atoms with Gasteiger partial charge in [0.15, 0.2) is 11.5 Å². The van der Waals surface area contributed by atoms with Crippen LogP contribution >= 0.6 is 0 Å². The van der Waals surface area contributed by atoms with E-state index < -0.39 is 139 Å². The van der Waals surface area contributed by atoms with E-state index in [1.807, 2.05) is 0 Å². The summed E-state index contributed by atoms with van der Waals surface area (Å²) in [5.41, 5.74) is -5.83. The molecule has 71 heavy (non-hydrogen) atoms. The van der Waals surface area contributed by atoms with Crippen molar-refractivity contribution in [1.82, 2.24) is 0 Å². The molecule has 0 fully saturated rings. The molecule has 30 nitrogen and oxygen atoms in total. The number of benzene rings is 6. The zero-order chi connectivity index (χ0) is 52.6. The van der Waals surface area contributed by atoms with Crippen LogP contribution in [0.1, 0.15) is 13.8 Å². The number of nitro groups is 2. The van der Waals surface area contributed by atoms with Gasteiger partial charge in [0.2, 0.25) is 5.91 Å². The quantitative estimate of drug-likeness (QED) is 0.0225. The number of nitrogens with zero attached hydrogens (tertiary/aromatic N) is 7. The van der Waals surface area contributed by atoms with Crippen LogP contribution in [0.25, 0.3) is 21.5 Å². The largest absolute Gasteiger partial charge is 3.00 e. The number of carbonyl (C=O) groups excluding carboxylic acids is 1. The number of aliphatic imine (C=N–C) groups is 1. The number of fused-ring (bicyclic) bond motifs is 2. The number of non-ortho nitro benzene ring substituents is 1. The molecule has 0 atom stereocenters. The van der Waals surface area contributed by atoms with Gasteiger partial charge >= 0.3 is 17.4 Å². The van der Waals surface area contributed by atoms with Crippen LogP contribution in [0.3, 0.4) is 0 Å². The molecule has 0 saturated heterocycles. The van der Waals surface area contributed by atoms with Crippen molar-refractivity contribution in [2.45, 2.75) is 33.4 Å². The van der Waals surface area contributed by atoms with Crippen molar-refractivity contribution in [3.63, 3.8) is 0 Å². The summed E-state index contributed by atoms with van der Waals surface area (Å²) < 4.78 is 131. The second-order valence-electron chi connectivity index (χ2n) is 13.7. The number of aromatic hydroxyl groups is 2. The van der Waals surface area contributed by atoms with E-state index in [0.29, 0.717) is 18.2 Å². The summed E-state index contributed by atoms with van der Waals surface area (Å²) >= 11 is 0. The molecule has 0 aliphatic rings. The van der Waals surface area contributed by atoms with Crippen molar-refractivity contribution in [1.29, 1.82) is 0 Å². The van der Waals surface area contributed by atoms with Gasteiger partial charge in [-0.15, -0.1) is 15.3 Å². The second-order valence-corrected chi connectivity index (χ2v) is 19.3. The van der Waals surface area contributed by atoms with Crippen molar-refractivity contribution in [3.8, 4) is 23.0 Å². The predicted molar refractivity (Wildman–Crippen MR) is 231 cm³/mol. The van der Waals surface area contributed by atoms with Gasteiger partial charge in [-0.2, -0.15) is 38.8 Å². The maximum atomic E-state index is 13.0. The number of hydrogen-bond donors (Lipinski definition) is 7. The minimum atomic E-state index is -5.15. The Morgan fingerprint density at radius 3 is 1.65 bits per heavy atom. The molecule has 6 rings (SSSR count). The first kappa shape index (κ1) is 55.7. The normalized spacial score (nSPS) is 12.4. The molecule has 0 spiro atoms. The number of phenols is 2. The molecular weight excluding hydrogens is 1080 g/mol. The molecule has 0 saturated carbocycles. The molecule has 6 aromatic rings. The van der Waals surface area contributed by atoms with Crippen LogP contribution in [0.5, 0.6) is 23.0 Å². The summed E-state index contributed by atoms with van der Waals surface area (Å²) in [5, 5.41) is 95.2. The Balaban J connectivity index is 0.000000304. The third-order valence-electron chi connectivity index (χ3n) is 8.79. The van der Waals surface area contributed by atoms with Gasteiger partial charge in [0.1, 0.15) is 31.0 Å². The van der Waals surface area contributed by atoms with Crippen LogP contribution < -0.4 is 20.6 Å². The number of rotatable bonds is 12. The number of hydrogen-bond acceptors (Lipinski definition) is 23. The fraction of sp³-hybridized carbons (Fsp3) is 0.0556. The van der Waals surface area contributed by atoms with Gasteiger partial charge in [0, 0.05) is 41.9 Å². The Labute approximate surface area is 407 Å². The summed E-state index contributed by atoms with van der Waals surface area (Å²) in [7, 11) is -20.3. The van der Waals surface area contributed by atoms with Gasteiger partial charge in [-0.25, -0.2) is 0 Å². The van der Waals surface area contributed by atoms with Crippen molar-refractivity contribution < 1.29 is 109 Å². The standard InChI is InChI=1S/2C18H14N4O11S2.Cr/c1-8(23)19-10-3-2-9-4-15(35(31,32)33)16(17(24)12(9)5-10)21-20-13-6-11(34(28,29)30)7-14(18(13)25)22(26)27;1-8(23)19-10-3-2-9-4-14(34(28,29)30)16(17(24)12(9)5-10)21-20-13-6-11(22(26)27)7-15(18(13)25)35(31,32)33;/h2*2-7,24-25H,1H3,(H,19,23)(H,28,29,30)(H,31,32,33);/q;;+3/p-3. The zero-order valence-electron chi connectivity index (χ0n) is 34.8. The van der Waals surface area contributed by atoms with E-state index in [9.17, 15) is 102 Å². The van der Waals surface area contributed by atoms with Gasteiger partial charge in [0.25, 0.3) is 51.8 Å². The van der Waals surface area contributed by atoms with Gasteiger partial charge in [-0.3, -0.25) is 48.2 Å². The van der Waals surface area contributed by atoms with Crippen LogP contribution in [-0.4, -0.2) is 83.7 Å². The monoisotopic (exact) mass is 1100 g/mol. The second kappa shape index (κ2) is 20.6. The Bertz CT molecular complexity index is 3810. The Morgan fingerprint density at radius 2 is 1.13 bits per heavy atom. The van der Waals surface area contributed by atoms with Crippen LogP contribution in [0.4, 0.5) is 45.5 Å². The van der Waals surface area contributed by atoms with Crippen LogP contribution in [0, 0.1) is 20.2 Å². The van der Waals surface area contributed by atoms with E-state index in [1.54, 1.807) is 0 Å². The minimum absolute atomic E-state index is 0. The van der Waals surface area contributed by atoms with Gasteiger partial charge in [-0.1, -0.05) is 17.9 Å². The predicted octanol–water partition coefficient (Wildman–Crippen LogP) is 4.24. The fourth-order valence-corrected chi connectivity index (χ4v) is 8.32. The van der Waals surface area contributed by atoms with Crippen LogP contribution in [-0.2, 0) is 62.6 Å². The molecule has 371 valence electrons. The molecule has 0 aliphatic heterocycles.